The average Bonchev–Trinajstić information content (AvgIpc) is 2.41. The normalized spacial score (nSPS) is 14.8. The van der Waals surface area contributed by atoms with Gasteiger partial charge < -0.3 is 26.6 Å². The van der Waals surface area contributed by atoms with E-state index in [1.807, 2.05) is 13.8 Å². The molecule has 24 heavy (non-hydrogen) atoms. The Hall–Kier alpha value is -2.16. The summed E-state index contributed by atoms with van der Waals surface area (Å²) in [6, 6.07) is -3.36. The van der Waals surface area contributed by atoms with Crippen LogP contribution in [0.25, 0.3) is 0 Å². The molecule has 0 bridgehead atoms. The molecule has 3 atom stereocenters. The van der Waals surface area contributed by atoms with E-state index in [-0.39, 0.29) is 18.3 Å². The predicted molar refractivity (Wildman–Crippen MR) is 86.0 cm³/mol. The van der Waals surface area contributed by atoms with Crippen LogP contribution >= 0.6 is 0 Å². The van der Waals surface area contributed by atoms with E-state index in [0.29, 0.717) is 0 Å². The van der Waals surface area contributed by atoms with Gasteiger partial charge in [0, 0.05) is 0 Å². The number of amides is 2. The van der Waals surface area contributed by atoms with Gasteiger partial charge in [-0.05, 0) is 18.3 Å². The van der Waals surface area contributed by atoms with E-state index in [4.69, 9.17) is 15.9 Å². The van der Waals surface area contributed by atoms with Crippen molar-refractivity contribution in [2.24, 2.45) is 17.6 Å². The summed E-state index contributed by atoms with van der Waals surface area (Å²) in [6.45, 7) is 6.97. The number of rotatable bonds is 10. The highest BCUT2D eigenvalue weighted by molar-refractivity contribution is 5.92. The van der Waals surface area contributed by atoms with E-state index < -0.39 is 48.3 Å². The molecular formula is C15H27N3O6. The molecule has 6 N–H and O–H groups in total. The summed E-state index contributed by atoms with van der Waals surface area (Å²) in [7, 11) is 0. The molecule has 0 aliphatic rings. The van der Waals surface area contributed by atoms with Crippen molar-refractivity contribution in [3.63, 3.8) is 0 Å². The molecule has 0 aromatic heterocycles. The van der Waals surface area contributed by atoms with Crippen molar-refractivity contribution in [3.8, 4) is 0 Å². The lowest BCUT2D eigenvalue weighted by atomic mass is 10.00. The Morgan fingerprint density at radius 2 is 1.50 bits per heavy atom. The molecule has 0 spiro atoms. The van der Waals surface area contributed by atoms with Gasteiger partial charge in [0.05, 0.1) is 12.5 Å². The zero-order chi connectivity index (χ0) is 19.0. The monoisotopic (exact) mass is 345 g/mol. The zero-order valence-corrected chi connectivity index (χ0v) is 14.4. The average molecular weight is 345 g/mol. The summed E-state index contributed by atoms with van der Waals surface area (Å²) in [6.07, 6.45) is -0.298. The third-order valence-electron chi connectivity index (χ3n) is 3.30. The molecule has 0 radical (unpaired) electrons. The number of nitrogens with two attached hydrogens (primary N) is 1. The molecule has 0 saturated carbocycles. The standard InChI is InChI=1S/C15H27N3O6/c1-7(2)5-10(17-13(21)9(16)6-11(19)20)14(22)18-12(8(3)4)15(23)24/h7-10,12H,5-6,16H2,1-4H3,(H,17,21)(H,18,22)(H,19,20)(H,23,24). The van der Waals surface area contributed by atoms with Crippen molar-refractivity contribution >= 4 is 23.8 Å². The molecule has 0 fully saturated rings. The highest BCUT2D eigenvalue weighted by atomic mass is 16.4. The summed E-state index contributed by atoms with van der Waals surface area (Å²) in [5.41, 5.74) is 5.48. The smallest absolute Gasteiger partial charge is 0.326 e. The van der Waals surface area contributed by atoms with Crippen LogP contribution in [0.3, 0.4) is 0 Å². The quantitative estimate of drug-likeness (QED) is 0.358. The number of carboxylic acid groups (broad SMARTS) is 2. The minimum atomic E-state index is -1.29. The second kappa shape index (κ2) is 9.86. The van der Waals surface area contributed by atoms with E-state index in [0.717, 1.165) is 0 Å². The van der Waals surface area contributed by atoms with Gasteiger partial charge in [0.15, 0.2) is 0 Å². The van der Waals surface area contributed by atoms with Crippen LogP contribution in [0.1, 0.15) is 40.5 Å². The fraction of sp³-hybridized carbons (Fsp3) is 0.733. The van der Waals surface area contributed by atoms with Gasteiger partial charge >= 0.3 is 11.9 Å². The summed E-state index contributed by atoms with van der Waals surface area (Å²) < 4.78 is 0. The van der Waals surface area contributed by atoms with Crippen molar-refractivity contribution in [3.05, 3.63) is 0 Å². The van der Waals surface area contributed by atoms with Crippen LogP contribution < -0.4 is 16.4 Å². The highest BCUT2D eigenvalue weighted by Gasteiger charge is 2.30. The molecule has 0 aliphatic heterocycles. The maximum absolute atomic E-state index is 12.3. The van der Waals surface area contributed by atoms with Crippen molar-refractivity contribution in [1.82, 2.24) is 10.6 Å². The van der Waals surface area contributed by atoms with Gasteiger partial charge in [-0.2, -0.15) is 0 Å². The summed E-state index contributed by atoms with van der Waals surface area (Å²) in [5, 5.41) is 22.6. The Balaban J connectivity index is 5.04. The fourth-order valence-corrected chi connectivity index (χ4v) is 2.03. The number of hydrogen-bond donors (Lipinski definition) is 5. The summed E-state index contributed by atoms with van der Waals surface area (Å²) >= 11 is 0. The van der Waals surface area contributed by atoms with Crippen LogP contribution in [0.5, 0.6) is 0 Å². The van der Waals surface area contributed by atoms with Crippen molar-refractivity contribution < 1.29 is 29.4 Å². The first kappa shape index (κ1) is 21.8. The molecule has 9 nitrogen and oxygen atoms in total. The van der Waals surface area contributed by atoms with Crippen LogP contribution in [-0.4, -0.2) is 52.1 Å². The van der Waals surface area contributed by atoms with Crippen LogP contribution in [-0.2, 0) is 19.2 Å². The lowest BCUT2D eigenvalue weighted by Crippen LogP contribution is -2.56. The van der Waals surface area contributed by atoms with Crippen LogP contribution in [0.2, 0.25) is 0 Å². The zero-order valence-electron chi connectivity index (χ0n) is 14.4. The van der Waals surface area contributed by atoms with Crippen molar-refractivity contribution in [2.45, 2.75) is 58.7 Å². The number of carboxylic acids is 2. The van der Waals surface area contributed by atoms with Crippen LogP contribution in [0.15, 0.2) is 0 Å². The highest BCUT2D eigenvalue weighted by Crippen LogP contribution is 2.08. The Labute approximate surface area is 141 Å². The predicted octanol–water partition coefficient (Wildman–Crippen LogP) is -0.455. The minimum Gasteiger partial charge on any atom is -0.481 e. The number of aliphatic carboxylic acids is 2. The Morgan fingerprint density at radius 1 is 0.958 bits per heavy atom. The molecule has 0 aromatic carbocycles. The van der Waals surface area contributed by atoms with Gasteiger partial charge in [-0.1, -0.05) is 27.7 Å². The summed E-state index contributed by atoms with van der Waals surface area (Å²) in [5.74, 6) is -4.10. The third kappa shape index (κ3) is 7.91. The molecule has 0 aromatic rings. The van der Waals surface area contributed by atoms with E-state index in [1.165, 1.54) is 0 Å². The van der Waals surface area contributed by atoms with Crippen LogP contribution in [0.4, 0.5) is 0 Å². The van der Waals surface area contributed by atoms with Gasteiger partial charge in [0.25, 0.3) is 0 Å². The van der Waals surface area contributed by atoms with E-state index >= 15 is 0 Å². The third-order valence-corrected chi connectivity index (χ3v) is 3.30. The van der Waals surface area contributed by atoms with Crippen molar-refractivity contribution in [2.75, 3.05) is 0 Å². The van der Waals surface area contributed by atoms with Gasteiger partial charge in [0.1, 0.15) is 12.1 Å². The second-order valence-corrected chi connectivity index (χ2v) is 6.46. The number of nitrogens with one attached hydrogen (secondary N) is 2. The van der Waals surface area contributed by atoms with E-state index in [9.17, 15) is 19.2 Å². The number of carbonyl (C=O) groups is 4. The first-order valence-electron chi connectivity index (χ1n) is 7.76. The molecular weight excluding hydrogens is 318 g/mol. The second-order valence-electron chi connectivity index (χ2n) is 6.46. The lowest BCUT2D eigenvalue weighted by molar-refractivity contribution is -0.144. The lowest BCUT2D eigenvalue weighted by Gasteiger charge is -2.25. The first-order valence-corrected chi connectivity index (χ1v) is 7.76. The van der Waals surface area contributed by atoms with Gasteiger partial charge in [0.2, 0.25) is 11.8 Å². The molecule has 0 aliphatic carbocycles. The Morgan fingerprint density at radius 3 is 1.88 bits per heavy atom. The molecule has 3 unspecified atom stereocenters. The van der Waals surface area contributed by atoms with Gasteiger partial charge in [-0.25, -0.2) is 4.79 Å². The van der Waals surface area contributed by atoms with Crippen molar-refractivity contribution in [1.29, 1.82) is 0 Å². The maximum Gasteiger partial charge on any atom is 0.326 e. The molecule has 0 saturated heterocycles. The first-order chi connectivity index (χ1) is 11.0. The molecule has 2 amide bonds. The maximum atomic E-state index is 12.3. The Bertz CT molecular complexity index is 478. The number of carbonyl (C=O) groups excluding carboxylic acids is 2. The Kier molecular flexibility index (Phi) is 8.97. The fourth-order valence-electron chi connectivity index (χ4n) is 2.03. The molecule has 138 valence electrons. The van der Waals surface area contributed by atoms with Gasteiger partial charge in [-0.15, -0.1) is 0 Å². The topological polar surface area (TPSA) is 159 Å². The van der Waals surface area contributed by atoms with E-state index in [2.05, 4.69) is 10.6 Å². The number of hydrogen-bond acceptors (Lipinski definition) is 5. The van der Waals surface area contributed by atoms with E-state index in [1.54, 1.807) is 13.8 Å². The molecule has 0 heterocycles. The molecule has 9 heteroatoms. The minimum absolute atomic E-state index is 0.0408. The summed E-state index contributed by atoms with van der Waals surface area (Å²) in [4.78, 5) is 46.1. The molecule has 0 rings (SSSR count). The van der Waals surface area contributed by atoms with Crippen LogP contribution in [0, 0.1) is 11.8 Å². The largest absolute Gasteiger partial charge is 0.481 e. The SMILES string of the molecule is CC(C)CC(NC(=O)C(N)CC(=O)O)C(=O)NC(C(=O)O)C(C)C. The van der Waals surface area contributed by atoms with Gasteiger partial charge in [-0.3, -0.25) is 14.4 Å².